The standard InChI is InChI=1S/C19H21NO2/c21-18(15-9-3-1-4-10-15)17-13-7-8-14-20(17)19(22)16-11-5-2-6-12-16/h1-6,9-12,17-18,21H,7-8,13-14H2. The number of aliphatic hydroxyl groups is 1. The van der Waals surface area contributed by atoms with E-state index in [1.165, 1.54) is 0 Å². The lowest BCUT2D eigenvalue weighted by Crippen LogP contribution is -2.46. The number of piperidine rings is 1. The van der Waals surface area contributed by atoms with Crippen molar-refractivity contribution in [1.29, 1.82) is 0 Å². The molecule has 0 aromatic heterocycles. The van der Waals surface area contributed by atoms with E-state index < -0.39 is 6.10 Å². The van der Waals surface area contributed by atoms with Crippen LogP contribution in [0.15, 0.2) is 60.7 Å². The van der Waals surface area contributed by atoms with E-state index in [9.17, 15) is 9.90 Å². The number of carbonyl (C=O) groups excluding carboxylic acids is 1. The second-order valence-corrected chi connectivity index (χ2v) is 5.78. The molecule has 3 nitrogen and oxygen atoms in total. The minimum Gasteiger partial charge on any atom is -0.386 e. The molecule has 1 saturated heterocycles. The van der Waals surface area contributed by atoms with Crippen molar-refractivity contribution in [2.24, 2.45) is 0 Å². The Morgan fingerprint density at radius 1 is 1.00 bits per heavy atom. The average molecular weight is 295 g/mol. The minimum atomic E-state index is -0.630. The van der Waals surface area contributed by atoms with Gasteiger partial charge in [-0.1, -0.05) is 48.5 Å². The molecule has 0 spiro atoms. The summed E-state index contributed by atoms with van der Waals surface area (Å²) < 4.78 is 0. The van der Waals surface area contributed by atoms with E-state index in [0.717, 1.165) is 24.8 Å². The van der Waals surface area contributed by atoms with Crippen LogP contribution >= 0.6 is 0 Å². The second-order valence-electron chi connectivity index (χ2n) is 5.78. The van der Waals surface area contributed by atoms with Gasteiger partial charge >= 0.3 is 0 Å². The van der Waals surface area contributed by atoms with Gasteiger partial charge in [0, 0.05) is 12.1 Å². The number of rotatable bonds is 3. The number of hydrogen-bond acceptors (Lipinski definition) is 2. The summed E-state index contributed by atoms with van der Waals surface area (Å²) in [4.78, 5) is 14.6. The molecule has 0 aliphatic carbocycles. The number of benzene rings is 2. The second kappa shape index (κ2) is 6.75. The molecule has 0 radical (unpaired) electrons. The Hall–Kier alpha value is -2.13. The summed E-state index contributed by atoms with van der Waals surface area (Å²) in [7, 11) is 0. The number of aliphatic hydroxyl groups excluding tert-OH is 1. The van der Waals surface area contributed by atoms with Gasteiger partial charge < -0.3 is 10.0 Å². The third kappa shape index (κ3) is 3.04. The van der Waals surface area contributed by atoms with Crippen LogP contribution in [0.3, 0.4) is 0 Å². The molecule has 0 saturated carbocycles. The average Bonchev–Trinajstić information content (AvgIpc) is 2.62. The Morgan fingerprint density at radius 2 is 1.64 bits per heavy atom. The zero-order valence-corrected chi connectivity index (χ0v) is 12.6. The van der Waals surface area contributed by atoms with E-state index >= 15 is 0 Å². The maximum atomic E-state index is 12.8. The van der Waals surface area contributed by atoms with E-state index in [0.29, 0.717) is 12.1 Å². The van der Waals surface area contributed by atoms with Crippen molar-refractivity contribution in [3.05, 3.63) is 71.8 Å². The largest absolute Gasteiger partial charge is 0.386 e. The molecule has 1 amide bonds. The lowest BCUT2D eigenvalue weighted by molar-refractivity contribution is 0.0212. The van der Waals surface area contributed by atoms with Crippen molar-refractivity contribution < 1.29 is 9.90 Å². The molecule has 3 rings (SSSR count). The van der Waals surface area contributed by atoms with Crippen LogP contribution in [0.2, 0.25) is 0 Å². The van der Waals surface area contributed by atoms with Crippen LogP contribution in [0.25, 0.3) is 0 Å². The highest BCUT2D eigenvalue weighted by Gasteiger charge is 2.33. The molecule has 1 N–H and O–H groups in total. The van der Waals surface area contributed by atoms with Crippen LogP contribution in [0.5, 0.6) is 0 Å². The normalized spacial score (nSPS) is 19.7. The van der Waals surface area contributed by atoms with Gasteiger partial charge in [-0.25, -0.2) is 0 Å². The Labute approximate surface area is 131 Å². The van der Waals surface area contributed by atoms with Crippen LogP contribution in [0.1, 0.15) is 41.3 Å². The van der Waals surface area contributed by atoms with Gasteiger partial charge in [-0.2, -0.15) is 0 Å². The maximum Gasteiger partial charge on any atom is 0.254 e. The van der Waals surface area contributed by atoms with Gasteiger partial charge in [0.25, 0.3) is 5.91 Å². The van der Waals surface area contributed by atoms with E-state index in [1.807, 2.05) is 65.6 Å². The van der Waals surface area contributed by atoms with Gasteiger partial charge in [0.15, 0.2) is 0 Å². The number of hydrogen-bond donors (Lipinski definition) is 1. The first-order chi connectivity index (χ1) is 10.8. The van der Waals surface area contributed by atoms with Crippen molar-refractivity contribution in [1.82, 2.24) is 4.90 Å². The Kier molecular flexibility index (Phi) is 4.54. The zero-order chi connectivity index (χ0) is 15.4. The first kappa shape index (κ1) is 14.8. The predicted molar refractivity (Wildman–Crippen MR) is 86.5 cm³/mol. The quantitative estimate of drug-likeness (QED) is 0.942. The van der Waals surface area contributed by atoms with Gasteiger partial charge in [-0.15, -0.1) is 0 Å². The summed E-state index contributed by atoms with van der Waals surface area (Å²) in [5, 5.41) is 10.7. The molecule has 114 valence electrons. The summed E-state index contributed by atoms with van der Waals surface area (Å²) in [5.74, 6) is 0.0141. The van der Waals surface area contributed by atoms with E-state index in [-0.39, 0.29) is 11.9 Å². The van der Waals surface area contributed by atoms with Crippen molar-refractivity contribution in [3.8, 4) is 0 Å². The number of likely N-dealkylation sites (tertiary alicyclic amines) is 1. The Balaban J connectivity index is 1.84. The van der Waals surface area contributed by atoms with Gasteiger partial charge in [-0.3, -0.25) is 4.79 Å². The Bertz CT molecular complexity index is 612. The molecular formula is C19H21NO2. The molecule has 1 aliphatic rings. The number of carbonyl (C=O) groups is 1. The topological polar surface area (TPSA) is 40.5 Å². The molecular weight excluding hydrogens is 274 g/mol. The predicted octanol–water partition coefficient (Wildman–Crippen LogP) is 3.41. The highest BCUT2D eigenvalue weighted by atomic mass is 16.3. The summed E-state index contributed by atoms with van der Waals surface area (Å²) in [6.07, 6.45) is 2.26. The van der Waals surface area contributed by atoms with E-state index in [2.05, 4.69) is 0 Å². The maximum absolute atomic E-state index is 12.8. The molecule has 2 unspecified atom stereocenters. The molecule has 0 bridgehead atoms. The molecule has 2 atom stereocenters. The zero-order valence-electron chi connectivity index (χ0n) is 12.6. The summed E-state index contributed by atoms with van der Waals surface area (Å²) in [6.45, 7) is 0.711. The summed E-state index contributed by atoms with van der Waals surface area (Å²) in [5.41, 5.74) is 1.56. The van der Waals surface area contributed by atoms with Crippen LogP contribution in [0.4, 0.5) is 0 Å². The van der Waals surface area contributed by atoms with E-state index in [1.54, 1.807) is 0 Å². The lowest BCUT2D eigenvalue weighted by Gasteiger charge is -2.38. The van der Waals surface area contributed by atoms with Gasteiger partial charge in [0.2, 0.25) is 0 Å². The van der Waals surface area contributed by atoms with Gasteiger partial charge in [-0.05, 0) is 37.0 Å². The Morgan fingerprint density at radius 3 is 2.32 bits per heavy atom. The smallest absolute Gasteiger partial charge is 0.254 e. The van der Waals surface area contributed by atoms with Crippen LogP contribution in [0, 0.1) is 0 Å². The van der Waals surface area contributed by atoms with E-state index in [4.69, 9.17) is 0 Å². The summed E-state index contributed by atoms with van der Waals surface area (Å²) in [6, 6.07) is 18.8. The first-order valence-corrected chi connectivity index (χ1v) is 7.86. The SMILES string of the molecule is O=C(c1ccccc1)N1CCCCC1C(O)c1ccccc1. The van der Waals surface area contributed by atoms with Crippen LogP contribution in [-0.4, -0.2) is 28.5 Å². The van der Waals surface area contributed by atoms with Crippen LogP contribution in [-0.2, 0) is 0 Å². The summed E-state index contributed by atoms with van der Waals surface area (Å²) >= 11 is 0. The highest BCUT2D eigenvalue weighted by molar-refractivity contribution is 5.94. The van der Waals surface area contributed by atoms with Crippen molar-refractivity contribution in [3.63, 3.8) is 0 Å². The van der Waals surface area contributed by atoms with Gasteiger partial charge in [0.05, 0.1) is 12.1 Å². The fourth-order valence-electron chi connectivity index (χ4n) is 3.16. The fourth-order valence-corrected chi connectivity index (χ4v) is 3.16. The molecule has 2 aromatic carbocycles. The van der Waals surface area contributed by atoms with Crippen molar-refractivity contribution >= 4 is 5.91 Å². The molecule has 1 fully saturated rings. The van der Waals surface area contributed by atoms with Gasteiger partial charge in [0.1, 0.15) is 0 Å². The lowest BCUT2D eigenvalue weighted by atomic mass is 9.92. The number of amides is 1. The molecule has 3 heteroatoms. The van der Waals surface area contributed by atoms with Crippen molar-refractivity contribution in [2.75, 3.05) is 6.54 Å². The van der Waals surface area contributed by atoms with Crippen LogP contribution < -0.4 is 0 Å². The third-order valence-electron chi connectivity index (χ3n) is 4.34. The molecule has 1 heterocycles. The monoisotopic (exact) mass is 295 g/mol. The molecule has 2 aromatic rings. The highest BCUT2D eigenvalue weighted by Crippen LogP contribution is 2.29. The van der Waals surface area contributed by atoms with Crippen molar-refractivity contribution in [2.45, 2.75) is 31.4 Å². The third-order valence-corrected chi connectivity index (χ3v) is 4.34. The molecule has 1 aliphatic heterocycles. The molecule has 22 heavy (non-hydrogen) atoms. The minimum absolute atomic E-state index is 0.0141. The fraction of sp³-hybridized carbons (Fsp3) is 0.316. The number of nitrogens with zero attached hydrogens (tertiary/aromatic N) is 1. The first-order valence-electron chi connectivity index (χ1n) is 7.86.